The van der Waals surface area contributed by atoms with Crippen molar-refractivity contribution in [3.05, 3.63) is 29.1 Å². The molecular weight excluding hydrogens is 358 g/mol. The number of carbonyl (C=O) groups is 2. The second-order valence-electron chi connectivity index (χ2n) is 5.63. The van der Waals surface area contributed by atoms with Crippen molar-refractivity contribution in [1.82, 2.24) is 9.88 Å². The van der Waals surface area contributed by atoms with E-state index in [0.717, 1.165) is 13.0 Å². The molecule has 2 heterocycles. The van der Waals surface area contributed by atoms with E-state index in [1.165, 1.54) is 0 Å². The fourth-order valence-electron chi connectivity index (χ4n) is 2.67. The molecule has 138 valence electrons. The van der Waals surface area contributed by atoms with Gasteiger partial charge in [-0.05, 0) is 19.1 Å². The number of alkyl halides is 6. The van der Waals surface area contributed by atoms with Crippen LogP contribution in [0, 0.1) is 18.8 Å². The molecule has 0 unspecified atom stereocenters. The fourth-order valence-corrected chi connectivity index (χ4v) is 2.67. The number of hydrogen-bond donors (Lipinski definition) is 1. The first-order valence-electron chi connectivity index (χ1n) is 6.96. The molecule has 0 aromatic carbocycles. The first-order chi connectivity index (χ1) is 11.3. The molecule has 0 bridgehead atoms. The lowest BCUT2D eigenvalue weighted by Crippen LogP contribution is -2.34. The highest BCUT2D eigenvalue weighted by molar-refractivity contribution is 5.95. The Morgan fingerprint density at radius 1 is 1.16 bits per heavy atom. The highest BCUT2D eigenvalue weighted by Gasteiger charge is 2.53. The molecule has 0 spiro atoms. The van der Waals surface area contributed by atoms with Gasteiger partial charge in [-0.3, -0.25) is 9.59 Å². The molecule has 1 aliphatic rings. The summed E-state index contributed by atoms with van der Waals surface area (Å²) in [5.41, 5.74) is -1.85. The number of nitrogens with zero attached hydrogens (tertiary/aromatic N) is 2. The predicted molar refractivity (Wildman–Crippen MR) is 70.6 cm³/mol. The molecule has 0 aliphatic carbocycles. The minimum absolute atomic E-state index is 0.304. The maximum Gasteiger partial charge on any atom is 0.433 e. The quantitative estimate of drug-likeness (QED) is 0.813. The van der Waals surface area contributed by atoms with E-state index in [2.05, 4.69) is 4.98 Å². The number of aliphatic carboxylic acids is 1. The van der Waals surface area contributed by atoms with Crippen molar-refractivity contribution in [3.63, 3.8) is 0 Å². The van der Waals surface area contributed by atoms with Gasteiger partial charge in [-0.25, -0.2) is 4.98 Å². The summed E-state index contributed by atoms with van der Waals surface area (Å²) in [6, 6.07) is 1.37. The van der Waals surface area contributed by atoms with Crippen LogP contribution in [0.4, 0.5) is 26.3 Å². The topological polar surface area (TPSA) is 70.5 Å². The fraction of sp³-hybridized carbons (Fsp3) is 0.500. The molecule has 1 fully saturated rings. The smallest absolute Gasteiger partial charge is 0.433 e. The zero-order chi connectivity index (χ0) is 19.2. The van der Waals surface area contributed by atoms with Crippen LogP contribution in [-0.4, -0.2) is 46.1 Å². The monoisotopic (exact) mass is 370 g/mol. The second kappa shape index (κ2) is 6.19. The summed E-state index contributed by atoms with van der Waals surface area (Å²) >= 11 is 0. The van der Waals surface area contributed by atoms with Gasteiger partial charge in [-0.1, -0.05) is 0 Å². The van der Waals surface area contributed by atoms with Gasteiger partial charge in [-0.2, -0.15) is 26.3 Å². The zero-order valence-electron chi connectivity index (χ0n) is 12.6. The van der Waals surface area contributed by atoms with Gasteiger partial charge < -0.3 is 10.0 Å². The van der Waals surface area contributed by atoms with Gasteiger partial charge >= 0.3 is 18.3 Å². The van der Waals surface area contributed by atoms with Crippen LogP contribution in [0.1, 0.15) is 21.7 Å². The molecule has 1 aliphatic heterocycles. The minimum Gasteiger partial charge on any atom is -0.481 e. The van der Waals surface area contributed by atoms with Crippen LogP contribution < -0.4 is 0 Å². The number of aryl methyl sites for hydroxylation is 1. The molecule has 2 atom stereocenters. The second-order valence-corrected chi connectivity index (χ2v) is 5.63. The maximum absolute atomic E-state index is 12.9. The van der Waals surface area contributed by atoms with Gasteiger partial charge in [0.2, 0.25) is 0 Å². The number of halogens is 6. The lowest BCUT2D eigenvalue weighted by atomic mass is 9.96. The van der Waals surface area contributed by atoms with Crippen LogP contribution in [0.25, 0.3) is 0 Å². The molecule has 2 rings (SSSR count). The minimum atomic E-state index is -4.81. The number of pyridine rings is 1. The van der Waals surface area contributed by atoms with Crippen molar-refractivity contribution in [2.75, 3.05) is 13.1 Å². The molecule has 11 heteroatoms. The SMILES string of the molecule is Cc1nc(C(F)(F)F)ccc1C(=O)N1C[C@@H](C(F)(F)F)[C@H](C(=O)O)C1. The molecule has 0 saturated carbocycles. The van der Waals surface area contributed by atoms with Crippen LogP contribution in [0.5, 0.6) is 0 Å². The van der Waals surface area contributed by atoms with Gasteiger partial charge in [-0.15, -0.1) is 0 Å². The molecule has 5 nitrogen and oxygen atoms in total. The molecule has 1 amide bonds. The van der Waals surface area contributed by atoms with E-state index >= 15 is 0 Å². The number of carboxylic acid groups (broad SMARTS) is 1. The summed E-state index contributed by atoms with van der Waals surface area (Å²) < 4.78 is 76.5. The summed E-state index contributed by atoms with van der Waals surface area (Å²) in [4.78, 5) is 27.2. The number of likely N-dealkylation sites (tertiary alicyclic amines) is 1. The van der Waals surface area contributed by atoms with Crippen molar-refractivity contribution in [3.8, 4) is 0 Å². The van der Waals surface area contributed by atoms with Crippen molar-refractivity contribution in [1.29, 1.82) is 0 Å². The summed E-state index contributed by atoms with van der Waals surface area (Å²) in [6.07, 6.45) is -9.54. The third kappa shape index (κ3) is 3.85. The Hall–Kier alpha value is -2.33. The summed E-state index contributed by atoms with van der Waals surface area (Å²) in [5.74, 6) is -6.75. The molecule has 25 heavy (non-hydrogen) atoms. The Morgan fingerprint density at radius 3 is 2.16 bits per heavy atom. The molecular formula is C14H12F6N2O3. The Labute approximate surface area is 137 Å². The Kier molecular flexibility index (Phi) is 4.71. The number of carbonyl (C=O) groups excluding carboxylic acids is 1. The number of amides is 1. The normalized spacial score (nSPS) is 21.5. The van der Waals surface area contributed by atoms with Gasteiger partial charge in [0.15, 0.2) is 0 Å². The molecule has 1 N–H and O–H groups in total. The van der Waals surface area contributed by atoms with Crippen LogP contribution in [0.15, 0.2) is 12.1 Å². The van der Waals surface area contributed by atoms with Crippen molar-refractivity contribution >= 4 is 11.9 Å². The Balaban J connectivity index is 2.28. The highest BCUT2D eigenvalue weighted by atomic mass is 19.4. The number of hydrogen-bond acceptors (Lipinski definition) is 3. The van der Waals surface area contributed by atoms with Crippen LogP contribution in [0.2, 0.25) is 0 Å². The average Bonchev–Trinajstić information content (AvgIpc) is 2.91. The number of aromatic nitrogens is 1. The van der Waals surface area contributed by atoms with Crippen molar-refractivity contribution in [2.24, 2.45) is 11.8 Å². The van der Waals surface area contributed by atoms with E-state index in [1.54, 1.807) is 0 Å². The van der Waals surface area contributed by atoms with Crippen LogP contribution >= 0.6 is 0 Å². The average molecular weight is 370 g/mol. The van der Waals surface area contributed by atoms with E-state index < -0.39 is 54.8 Å². The number of carboxylic acids is 1. The molecule has 1 aromatic rings. The Morgan fingerprint density at radius 2 is 1.76 bits per heavy atom. The van der Waals surface area contributed by atoms with Gasteiger partial charge in [0.25, 0.3) is 5.91 Å². The largest absolute Gasteiger partial charge is 0.481 e. The summed E-state index contributed by atoms with van der Waals surface area (Å²) in [6.45, 7) is -0.437. The first kappa shape index (κ1) is 19.0. The molecule has 0 radical (unpaired) electrons. The standard InChI is InChI=1S/C14H12F6N2O3/c1-6-7(2-3-10(21-6)14(18,19)20)11(23)22-4-8(12(24)25)9(5-22)13(15,16)17/h2-3,8-9H,4-5H2,1H3,(H,24,25)/t8-,9-/m1/s1. The Bertz CT molecular complexity index is 701. The lowest BCUT2D eigenvalue weighted by molar-refractivity contribution is -0.187. The van der Waals surface area contributed by atoms with Crippen molar-refractivity contribution < 1.29 is 41.0 Å². The van der Waals surface area contributed by atoms with E-state index in [4.69, 9.17) is 5.11 Å². The maximum atomic E-state index is 12.9. The van der Waals surface area contributed by atoms with Crippen LogP contribution in [-0.2, 0) is 11.0 Å². The van der Waals surface area contributed by atoms with Crippen LogP contribution in [0.3, 0.4) is 0 Å². The summed E-state index contributed by atoms with van der Waals surface area (Å²) in [7, 11) is 0. The van der Waals surface area contributed by atoms with Gasteiger partial charge in [0.1, 0.15) is 5.69 Å². The highest BCUT2D eigenvalue weighted by Crippen LogP contribution is 2.38. The third-order valence-electron chi connectivity index (χ3n) is 3.95. The first-order valence-corrected chi connectivity index (χ1v) is 6.96. The van der Waals surface area contributed by atoms with Crippen molar-refractivity contribution in [2.45, 2.75) is 19.3 Å². The predicted octanol–water partition coefficient (Wildman–Crippen LogP) is 2.74. The molecule has 1 aromatic heterocycles. The van der Waals surface area contributed by atoms with E-state index in [1.807, 2.05) is 0 Å². The van der Waals surface area contributed by atoms with Gasteiger partial charge in [0, 0.05) is 13.1 Å². The lowest BCUT2D eigenvalue weighted by Gasteiger charge is -2.19. The molecule has 1 saturated heterocycles. The van der Waals surface area contributed by atoms with E-state index in [-0.39, 0.29) is 11.3 Å². The van der Waals surface area contributed by atoms with Gasteiger partial charge in [0.05, 0.1) is 23.1 Å². The van der Waals surface area contributed by atoms with E-state index in [9.17, 15) is 35.9 Å². The third-order valence-corrected chi connectivity index (χ3v) is 3.95. The summed E-state index contributed by atoms with van der Waals surface area (Å²) in [5, 5.41) is 8.92. The number of rotatable bonds is 2. The van der Waals surface area contributed by atoms with E-state index in [0.29, 0.717) is 11.0 Å². The zero-order valence-corrected chi connectivity index (χ0v) is 12.6.